The number of hydrogen-bond acceptors (Lipinski definition) is 4. The molecule has 104 valence electrons. The summed E-state index contributed by atoms with van der Waals surface area (Å²) in [6.07, 6.45) is -0.974. The van der Waals surface area contributed by atoms with E-state index in [1.807, 2.05) is 42.5 Å². The van der Waals surface area contributed by atoms with Gasteiger partial charge in [0.2, 0.25) is 0 Å². The maximum absolute atomic E-state index is 11.5. The molecule has 4 nitrogen and oxygen atoms in total. The van der Waals surface area contributed by atoms with Gasteiger partial charge in [0.25, 0.3) is 0 Å². The van der Waals surface area contributed by atoms with E-state index in [0.29, 0.717) is 5.56 Å². The molecule has 0 N–H and O–H groups in total. The molecular formula is C15H13O4P-2. The average molecular weight is 288 g/mol. The van der Waals surface area contributed by atoms with Crippen LogP contribution < -0.4 is 9.79 Å². The van der Waals surface area contributed by atoms with Crippen LogP contribution in [-0.2, 0) is 15.8 Å². The minimum atomic E-state index is -4.78. The molecule has 0 amide bonds. The highest BCUT2D eigenvalue weighted by Crippen LogP contribution is 2.24. The second-order valence-electron chi connectivity index (χ2n) is 4.55. The maximum Gasteiger partial charge on any atom is 0.142 e. The molecule has 0 bridgehead atoms. The minimum Gasteiger partial charge on any atom is -0.810 e. The third kappa shape index (κ3) is 4.42. The maximum atomic E-state index is 11.5. The number of benzene rings is 2. The predicted octanol–water partition coefficient (Wildman–Crippen LogP) is 1.38. The Bertz CT molecular complexity index is 646. The van der Waals surface area contributed by atoms with E-state index in [-0.39, 0.29) is 6.42 Å². The third-order valence-electron chi connectivity index (χ3n) is 2.81. The molecule has 0 saturated heterocycles. The highest BCUT2D eigenvalue weighted by Gasteiger charge is 2.07. The molecule has 2 aromatic rings. The van der Waals surface area contributed by atoms with Crippen molar-refractivity contribution in [2.75, 3.05) is 6.16 Å². The lowest BCUT2D eigenvalue weighted by molar-refractivity contribution is -0.312. The van der Waals surface area contributed by atoms with Crippen LogP contribution in [0.2, 0.25) is 0 Å². The Morgan fingerprint density at radius 2 is 1.60 bits per heavy atom. The average Bonchev–Trinajstić information content (AvgIpc) is 2.38. The highest BCUT2D eigenvalue weighted by molar-refractivity contribution is 7.49. The quantitative estimate of drug-likeness (QED) is 0.778. The Morgan fingerprint density at radius 3 is 2.25 bits per heavy atom. The molecule has 2 aromatic carbocycles. The van der Waals surface area contributed by atoms with E-state index < -0.39 is 19.5 Å². The molecule has 0 aliphatic carbocycles. The molecule has 0 aliphatic heterocycles. The van der Waals surface area contributed by atoms with Crippen molar-refractivity contribution >= 4 is 13.4 Å². The number of Topliss-reactive ketones (excluding diaryl/α,β-unsaturated/α-hetero) is 1. The first-order valence-corrected chi connectivity index (χ1v) is 7.84. The number of carbonyl (C=O) groups excluding carboxylic acids is 1. The van der Waals surface area contributed by atoms with Crippen molar-refractivity contribution in [1.29, 1.82) is 0 Å². The van der Waals surface area contributed by atoms with Gasteiger partial charge in [0.15, 0.2) is 0 Å². The van der Waals surface area contributed by atoms with Crippen LogP contribution in [0.4, 0.5) is 0 Å². The molecule has 0 aromatic heterocycles. The van der Waals surface area contributed by atoms with Gasteiger partial charge in [0, 0.05) is 12.6 Å². The largest absolute Gasteiger partial charge is 0.810 e. The fraction of sp³-hybridized carbons (Fsp3) is 0.133. The summed E-state index contributed by atoms with van der Waals surface area (Å²) in [7, 11) is -4.78. The van der Waals surface area contributed by atoms with Crippen molar-refractivity contribution in [2.24, 2.45) is 0 Å². The summed E-state index contributed by atoms with van der Waals surface area (Å²) in [6, 6.07) is 16.9. The van der Waals surface area contributed by atoms with E-state index in [9.17, 15) is 19.1 Å². The molecule has 0 saturated carbocycles. The molecule has 0 heterocycles. The summed E-state index contributed by atoms with van der Waals surface area (Å²) < 4.78 is 10.6. The van der Waals surface area contributed by atoms with Gasteiger partial charge in [-0.3, -0.25) is 4.79 Å². The lowest BCUT2D eigenvalue weighted by Crippen LogP contribution is -2.22. The Labute approximate surface area is 117 Å². The predicted molar refractivity (Wildman–Crippen MR) is 73.1 cm³/mol. The van der Waals surface area contributed by atoms with E-state index in [1.54, 1.807) is 12.1 Å². The van der Waals surface area contributed by atoms with Crippen LogP contribution in [0, 0.1) is 0 Å². The zero-order valence-electron chi connectivity index (χ0n) is 10.7. The molecular weight excluding hydrogens is 275 g/mol. The van der Waals surface area contributed by atoms with Crippen molar-refractivity contribution in [1.82, 2.24) is 0 Å². The summed E-state index contributed by atoms with van der Waals surface area (Å²) in [5, 5.41) is 0. The summed E-state index contributed by atoms with van der Waals surface area (Å²) in [5.41, 5.74) is 2.66. The van der Waals surface area contributed by atoms with E-state index >= 15 is 0 Å². The Balaban J connectivity index is 2.15. The third-order valence-corrected chi connectivity index (χ3v) is 3.55. The van der Waals surface area contributed by atoms with Crippen molar-refractivity contribution < 1.29 is 19.1 Å². The Morgan fingerprint density at radius 1 is 0.950 bits per heavy atom. The van der Waals surface area contributed by atoms with Gasteiger partial charge < -0.3 is 14.4 Å². The first-order valence-electron chi connectivity index (χ1n) is 6.11. The van der Waals surface area contributed by atoms with Gasteiger partial charge in [-0.15, -0.1) is 0 Å². The minimum absolute atomic E-state index is 0.0465. The van der Waals surface area contributed by atoms with Crippen LogP contribution in [-0.4, -0.2) is 11.9 Å². The van der Waals surface area contributed by atoms with Crippen LogP contribution in [0.25, 0.3) is 11.1 Å². The van der Waals surface area contributed by atoms with Crippen LogP contribution >= 0.6 is 7.60 Å². The van der Waals surface area contributed by atoms with Crippen molar-refractivity contribution in [3.63, 3.8) is 0 Å². The Hall–Kier alpha value is -1.74. The van der Waals surface area contributed by atoms with E-state index in [1.165, 1.54) is 0 Å². The van der Waals surface area contributed by atoms with Crippen molar-refractivity contribution in [3.8, 4) is 11.1 Å². The fourth-order valence-corrected chi connectivity index (χ4v) is 2.53. The monoisotopic (exact) mass is 288 g/mol. The summed E-state index contributed by atoms with van der Waals surface area (Å²) in [5.74, 6) is -0.580. The summed E-state index contributed by atoms with van der Waals surface area (Å²) in [4.78, 5) is 32.6. The highest BCUT2D eigenvalue weighted by atomic mass is 31.2. The molecule has 5 heteroatoms. The Kier molecular flexibility index (Phi) is 4.50. The number of ketones is 1. The van der Waals surface area contributed by atoms with Gasteiger partial charge in [-0.1, -0.05) is 62.2 Å². The van der Waals surface area contributed by atoms with E-state index in [2.05, 4.69) is 0 Å². The molecule has 0 radical (unpaired) electrons. The lowest BCUT2D eigenvalue weighted by Gasteiger charge is -2.28. The van der Waals surface area contributed by atoms with E-state index in [4.69, 9.17) is 0 Å². The van der Waals surface area contributed by atoms with Crippen molar-refractivity contribution in [2.45, 2.75) is 6.42 Å². The first kappa shape index (κ1) is 14.7. The second kappa shape index (κ2) is 6.14. The van der Waals surface area contributed by atoms with Crippen LogP contribution in [0.1, 0.15) is 5.56 Å². The second-order valence-corrected chi connectivity index (χ2v) is 6.09. The smallest absolute Gasteiger partial charge is 0.142 e. The topological polar surface area (TPSA) is 80.3 Å². The molecule has 20 heavy (non-hydrogen) atoms. The number of carbonyl (C=O) groups is 1. The van der Waals surface area contributed by atoms with Crippen LogP contribution in [0.15, 0.2) is 54.6 Å². The molecule has 2 rings (SSSR count). The number of rotatable bonds is 5. The van der Waals surface area contributed by atoms with Gasteiger partial charge in [-0.2, -0.15) is 0 Å². The first-order chi connectivity index (χ1) is 9.44. The van der Waals surface area contributed by atoms with Gasteiger partial charge in [0.1, 0.15) is 5.78 Å². The van der Waals surface area contributed by atoms with E-state index in [0.717, 1.165) is 11.1 Å². The standard InChI is InChI=1S/C15H15O4P/c16-15(11-20(17,18)19)10-12-5-4-8-14(9-12)13-6-2-1-3-7-13/h1-9H,10-11H2,(H2,17,18,19)/p-2. The van der Waals surface area contributed by atoms with Gasteiger partial charge >= 0.3 is 0 Å². The number of hydrogen-bond donors (Lipinski definition) is 0. The SMILES string of the molecule is O=C(Cc1cccc(-c2ccccc2)c1)CP(=O)([O-])[O-]. The normalized spacial score (nSPS) is 11.3. The van der Waals surface area contributed by atoms with Crippen LogP contribution in [0.3, 0.4) is 0 Å². The lowest BCUT2D eigenvalue weighted by atomic mass is 10.0. The van der Waals surface area contributed by atoms with Gasteiger partial charge in [-0.25, -0.2) is 0 Å². The molecule has 0 unspecified atom stereocenters. The molecule has 0 aliphatic rings. The zero-order chi connectivity index (χ0) is 14.6. The summed E-state index contributed by atoms with van der Waals surface area (Å²) in [6.45, 7) is 0. The van der Waals surface area contributed by atoms with Gasteiger partial charge in [-0.05, 0) is 16.7 Å². The molecule has 0 fully saturated rings. The van der Waals surface area contributed by atoms with Crippen molar-refractivity contribution in [3.05, 3.63) is 60.2 Å². The van der Waals surface area contributed by atoms with Gasteiger partial charge in [0.05, 0.1) is 0 Å². The molecule has 0 atom stereocenters. The zero-order valence-corrected chi connectivity index (χ0v) is 11.6. The van der Waals surface area contributed by atoms with Crippen LogP contribution in [0.5, 0.6) is 0 Å². The molecule has 0 spiro atoms. The fourth-order valence-electron chi connectivity index (χ4n) is 1.99. The summed E-state index contributed by atoms with van der Waals surface area (Å²) >= 11 is 0.